The lowest BCUT2D eigenvalue weighted by Crippen LogP contribution is -2.24. The van der Waals surface area contributed by atoms with Crippen molar-refractivity contribution in [2.45, 2.75) is 6.92 Å². The maximum absolute atomic E-state index is 5.20. The number of thiocarbonyl (C=S) groups is 1. The standard InChI is InChI=1S/C9H11N3S/c1-7-4-2-3-5-8(7)6-11-12-9(10)13/h2-6H,1H3,(H3,10,12,13)/b11-6-. The van der Waals surface area contributed by atoms with Crippen LogP contribution >= 0.6 is 12.2 Å². The van der Waals surface area contributed by atoms with E-state index in [0.29, 0.717) is 0 Å². The summed E-state index contributed by atoms with van der Waals surface area (Å²) in [7, 11) is 0. The average molecular weight is 193 g/mol. The Hall–Kier alpha value is -1.42. The van der Waals surface area contributed by atoms with Gasteiger partial charge in [0.1, 0.15) is 0 Å². The summed E-state index contributed by atoms with van der Waals surface area (Å²) in [6.07, 6.45) is 1.69. The SMILES string of the molecule is Cc1ccccc1/C=N\NC(N)=S. The summed E-state index contributed by atoms with van der Waals surface area (Å²) in [6, 6.07) is 7.92. The van der Waals surface area contributed by atoms with E-state index in [1.165, 1.54) is 0 Å². The Morgan fingerprint density at radius 2 is 2.23 bits per heavy atom. The van der Waals surface area contributed by atoms with Crippen molar-refractivity contribution in [3.63, 3.8) is 0 Å². The van der Waals surface area contributed by atoms with Gasteiger partial charge in [0.2, 0.25) is 0 Å². The number of rotatable bonds is 2. The predicted molar refractivity (Wildman–Crippen MR) is 58.7 cm³/mol. The molecule has 0 spiro atoms. The molecule has 0 heterocycles. The lowest BCUT2D eigenvalue weighted by Gasteiger charge is -1.98. The molecule has 0 saturated heterocycles. The molecule has 3 nitrogen and oxygen atoms in total. The van der Waals surface area contributed by atoms with Crippen molar-refractivity contribution >= 4 is 23.5 Å². The molecule has 0 bridgehead atoms. The number of benzene rings is 1. The number of hydrogen-bond donors (Lipinski definition) is 2. The molecule has 0 unspecified atom stereocenters. The Labute approximate surface area is 82.6 Å². The number of nitrogens with two attached hydrogens (primary N) is 1. The molecule has 0 aliphatic rings. The maximum Gasteiger partial charge on any atom is 0.184 e. The van der Waals surface area contributed by atoms with Gasteiger partial charge in [-0.2, -0.15) is 5.10 Å². The van der Waals surface area contributed by atoms with Crippen LogP contribution in [0.4, 0.5) is 0 Å². The molecule has 0 saturated carbocycles. The van der Waals surface area contributed by atoms with Gasteiger partial charge in [-0.05, 0) is 30.3 Å². The zero-order chi connectivity index (χ0) is 9.68. The molecule has 0 aromatic heterocycles. The van der Waals surface area contributed by atoms with Crippen LogP contribution in [0.25, 0.3) is 0 Å². The van der Waals surface area contributed by atoms with Crippen LogP contribution in [-0.4, -0.2) is 11.3 Å². The van der Waals surface area contributed by atoms with Crippen LogP contribution in [-0.2, 0) is 0 Å². The third-order valence-electron chi connectivity index (χ3n) is 1.57. The molecule has 0 fully saturated rings. The van der Waals surface area contributed by atoms with Gasteiger partial charge in [-0.15, -0.1) is 0 Å². The predicted octanol–water partition coefficient (Wildman–Crippen LogP) is 1.16. The van der Waals surface area contributed by atoms with Crippen LogP contribution in [0.3, 0.4) is 0 Å². The highest BCUT2D eigenvalue weighted by molar-refractivity contribution is 7.80. The number of hydrogen-bond acceptors (Lipinski definition) is 2. The summed E-state index contributed by atoms with van der Waals surface area (Å²) < 4.78 is 0. The summed E-state index contributed by atoms with van der Waals surface area (Å²) in [5.41, 5.74) is 9.91. The van der Waals surface area contributed by atoms with Crippen LogP contribution in [0.5, 0.6) is 0 Å². The van der Waals surface area contributed by atoms with Crippen molar-refractivity contribution in [2.24, 2.45) is 10.8 Å². The zero-order valence-corrected chi connectivity index (χ0v) is 8.14. The molecule has 1 rings (SSSR count). The zero-order valence-electron chi connectivity index (χ0n) is 7.32. The minimum absolute atomic E-state index is 0.171. The highest BCUT2D eigenvalue weighted by Gasteiger charge is 1.90. The molecule has 68 valence electrons. The van der Waals surface area contributed by atoms with Crippen molar-refractivity contribution in [1.29, 1.82) is 0 Å². The fourth-order valence-electron chi connectivity index (χ4n) is 0.897. The molecule has 3 N–H and O–H groups in total. The summed E-state index contributed by atoms with van der Waals surface area (Å²) >= 11 is 4.60. The van der Waals surface area contributed by atoms with Gasteiger partial charge < -0.3 is 5.73 Å². The fourth-order valence-corrected chi connectivity index (χ4v) is 0.950. The minimum Gasteiger partial charge on any atom is -0.375 e. The van der Waals surface area contributed by atoms with E-state index in [9.17, 15) is 0 Å². The first-order valence-electron chi connectivity index (χ1n) is 3.84. The van der Waals surface area contributed by atoms with E-state index >= 15 is 0 Å². The molecule has 0 radical (unpaired) electrons. The Morgan fingerprint density at radius 3 is 2.85 bits per heavy atom. The van der Waals surface area contributed by atoms with Crippen molar-refractivity contribution in [3.8, 4) is 0 Å². The Bertz CT molecular complexity index is 333. The molecule has 1 aromatic carbocycles. The normalized spacial score (nSPS) is 10.2. The lowest BCUT2D eigenvalue weighted by molar-refractivity contribution is 1.04. The van der Waals surface area contributed by atoms with Gasteiger partial charge in [0.05, 0.1) is 6.21 Å². The van der Waals surface area contributed by atoms with Gasteiger partial charge >= 0.3 is 0 Å². The van der Waals surface area contributed by atoms with Crippen molar-refractivity contribution in [3.05, 3.63) is 35.4 Å². The van der Waals surface area contributed by atoms with Crippen LogP contribution in [0.2, 0.25) is 0 Å². The number of aryl methyl sites for hydroxylation is 1. The van der Waals surface area contributed by atoms with E-state index in [1.54, 1.807) is 6.21 Å². The first-order valence-corrected chi connectivity index (χ1v) is 4.25. The lowest BCUT2D eigenvalue weighted by atomic mass is 10.1. The maximum atomic E-state index is 5.20. The number of nitrogens with zero attached hydrogens (tertiary/aromatic N) is 1. The van der Waals surface area contributed by atoms with E-state index in [4.69, 9.17) is 5.73 Å². The van der Waals surface area contributed by atoms with Crippen LogP contribution < -0.4 is 11.2 Å². The van der Waals surface area contributed by atoms with Gasteiger partial charge in [-0.1, -0.05) is 24.3 Å². The van der Waals surface area contributed by atoms with Gasteiger partial charge in [0.15, 0.2) is 5.11 Å². The first kappa shape index (κ1) is 9.67. The highest BCUT2D eigenvalue weighted by Crippen LogP contribution is 2.02. The third kappa shape index (κ3) is 3.21. The molecular weight excluding hydrogens is 182 g/mol. The summed E-state index contributed by atoms with van der Waals surface area (Å²) in [5, 5.41) is 4.03. The van der Waals surface area contributed by atoms with Crippen LogP contribution in [0, 0.1) is 6.92 Å². The van der Waals surface area contributed by atoms with Crippen molar-refractivity contribution in [1.82, 2.24) is 5.43 Å². The smallest absolute Gasteiger partial charge is 0.184 e. The summed E-state index contributed by atoms with van der Waals surface area (Å²) in [4.78, 5) is 0. The third-order valence-corrected chi connectivity index (χ3v) is 1.66. The van der Waals surface area contributed by atoms with Crippen molar-refractivity contribution in [2.75, 3.05) is 0 Å². The molecule has 0 aliphatic heterocycles. The van der Waals surface area contributed by atoms with Crippen molar-refractivity contribution < 1.29 is 0 Å². The molecule has 1 aromatic rings. The fraction of sp³-hybridized carbons (Fsp3) is 0.111. The largest absolute Gasteiger partial charge is 0.375 e. The molecule has 0 aliphatic carbocycles. The van der Waals surface area contributed by atoms with E-state index in [-0.39, 0.29) is 5.11 Å². The van der Waals surface area contributed by atoms with Gasteiger partial charge in [-0.25, -0.2) is 0 Å². The second kappa shape index (κ2) is 4.57. The highest BCUT2D eigenvalue weighted by atomic mass is 32.1. The quantitative estimate of drug-likeness (QED) is 0.421. The first-order chi connectivity index (χ1) is 6.20. The monoisotopic (exact) mass is 193 g/mol. The van der Waals surface area contributed by atoms with E-state index in [1.807, 2.05) is 31.2 Å². The molecule has 0 amide bonds. The van der Waals surface area contributed by atoms with E-state index in [2.05, 4.69) is 22.7 Å². The second-order valence-corrected chi connectivity index (χ2v) is 3.03. The van der Waals surface area contributed by atoms with Gasteiger partial charge in [0, 0.05) is 0 Å². The molecule has 0 atom stereocenters. The van der Waals surface area contributed by atoms with E-state index in [0.717, 1.165) is 11.1 Å². The molecule has 13 heavy (non-hydrogen) atoms. The summed E-state index contributed by atoms with van der Waals surface area (Å²) in [5.74, 6) is 0. The number of hydrazone groups is 1. The van der Waals surface area contributed by atoms with Crippen LogP contribution in [0.15, 0.2) is 29.4 Å². The Kier molecular flexibility index (Phi) is 3.40. The van der Waals surface area contributed by atoms with E-state index < -0.39 is 0 Å². The van der Waals surface area contributed by atoms with Crippen LogP contribution in [0.1, 0.15) is 11.1 Å². The number of nitrogens with one attached hydrogen (secondary N) is 1. The second-order valence-electron chi connectivity index (χ2n) is 2.59. The van der Waals surface area contributed by atoms with Gasteiger partial charge in [-0.3, -0.25) is 5.43 Å². The topological polar surface area (TPSA) is 50.4 Å². The Balaban J connectivity index is 2.68. The average Bonchev–Trinajstić information content (AvgIpc) is 2.08. The Morgan fingerprint density at radius 1 is 1.54 bits per heavy atom. The summed E-state index contributed by atoms with van der Waals surface area (Å²) in [6.45, 7) is 2.02. The molecular formula is C9H11N3S. The minimum atomic E-state index is 0.171. The molecule has 4 heteroatoms. The van der Waals surface area contributed by atoms with Gasteiger partial charge in [0.25, 0.3) is 0 Å².